The summed E-state index contributed by atoms with van der Waals surface area (Å²) in [7, 11) is -2.11. The van der Waals surface area contributed by atoms with E-state index in [1.165, 1.54) is 38.3 Å². The van der Waals surface area contributed by atoms with Crippen LogP contribution in [0.2, 0.25) is 0 Å². The van der Waals surface area contributed by atoms with Crippen LogP contribution in [0.3, 0.4) is 0 Å². The largest absolute Gasteiger partial charge is 0.510 e. The Hall–Kier alpha value is -3.24. The minimum atomic E-state index is -3.57. The van der Waals surface area contributed by atoms with Crippen LogP contribution in [0, 0.1) is 0 Å². The summed E-state index contributed by atoms with van der Waals surface area (Å²) in [5.41, 5.74) is 0.358. The summed E-state index contributed by atoms with van der Waals surface area (Å²) in [6.45, 7) is 0.815. The Morgan fingerprint density at radius 2 is 1.79 bits per heavy atom. The number of rotatable bonds is 8. The molecule has 10 heteroatoms. The first kappa shape index (κ1) is 22.1. The van der Waals surface area contributed by atoms with E-state index in [4.69, 9.17) is 9.84 Å². The molecule has 0 unspecified atom stereocenters. The minimum absolute atomic E-state index is 0.0357. The van der Waals surface area contributed by atoms with Crippen molar-refractivity contribution in [2.75, 3.05) is 24.8 Å². The zero-order chi connectivity index (χ0) is 21.4. The molecule has 3 N–H and O–H groups in total. The molecule has 0 aromatic heterocycles. The van der Waals surface area contributed by atoms with Crippen molar-refractivity contribution in [2.45, 2.75) is 11.8 Å². The zero-order valence-electron chi connectivity index (χ0n) is 15.9. The van der Waals surface area contributed by atoms with E-state index in [0.717, 1.165) is 0 Å². The van der Waals surface area contributed by atoms with Crippen molar-refractivity contribution in [3.8, 4) is 5.75 Å². The van der Waals surface area contributed by atoms with Gasteiger partial charge in [0.25, 0.3) is 5.91 Å². The number of amides is 1. The Balaban J connectivity index is 2.19. The second-order valence-electron chi connectivity index (χ2n) is 5.82. The third-order valence-electron chi connectivity index (χ3n) is 3.73. The van der Waals surface area contributed by atoms with Crippen LogP contribution in [0.25, 0.3) is 0 Å². The summed E-state index contributed by atoms with van der Waals surface area (Å²) in [5, 5.41) is 28.9. The van der Waals surface area contributed by atoms with Crippen LogP contribution in [0.5, 0.6) is 5.75 Å². The molecule has 2 aromatic rings. The van der Waals surface area contributed by atoms with Gasteiger partial charge >= 0.3 is 0 Å². The van der Waals surface area contributed by atoms with Gasteiger partial charge in [-0.2, -0.15) is 5.11 Å². The molecule has 0 aliphatic rings. The molecule has 2 aromatic carbocycles. The number of aliphatic hydroxyl groups is 2. The first-order valence-electron chi connectivity index (χ1n) is 8.48. The van der Waals surface area contributed by atoms with Gasteiger partial charge in [0.1, 0.15) is 11.5 Å². The molecule has 0 aliphatic carbocycles. The fraction of sp³-hybridized carbons (Fsp3) is 0.211. The van der Waals surface area contributed by atoms with E-state index in [9.17, 15) is 18.3 Å². The van der Waals surface area contributed by atoms with Crippen LogP contribution in [-0.4, -0.2) is 44.0 Å². The molecule has 9 nitrogen and oxygen atoms in total. The number of allylic oxidation sites excluding steroid dienone is 1. The molecule has 0 aliphatic heterocycles. The molecule has 0 fully saturated rings. The number of azo groups is 1. The van der Waals surface area contributed by atoms with E-state index in [-0.39, 0.29) is 27.8 Å². The lowest BCUT2D eigenvalue weighted by atomic mass is 10.2. The van der Waals surface area contributed by atoms with Gasteiger partial charge in [0.2, 0.25) is 0 Å². The summed E-state index contributed by atoms with van der Waals surface area (Å²) in [5.74, 6) is -0.982. The minimum Gasteiger partial charge on any atom is -0.510 e. The number of benzene rings is 2. The van der Waals surface area contributed by atoms with Crippen molar-refractivity contribution in [3.63, 3.8) is 0 Å². The number of hydrogen-bond donors (Lipinski definition) is 3. The molecule has 0 saturated heterocycles. The fourth-order valence-corrected chi connectivity index (χ4v) is 3.30. The first-order chi connectivity index (χ1) is 13.8. The lowest BCUT2D eigenvalue weighted by molar-refractivity contribution is -0.113. The van der Waals surface area contributed by atoms with E-state index >= 15 is 0 Å². The van der Waals surface area contributed by atoms with E-state index in [1.807, 2.05) is 0 Å². The number of para-hydroxylation sites is 2. The maximum absolute atomic E-state index is 12.5. The summed E-state index contributed by atoms with van der Waals surface area (Å²) < 4.78 is 29.0. The standard InChI is InChI=1S/C19H21N3O6S/c1-13(24)18(19(25)20-16-5-3-4-6-17(16)28-2)22-21-14-7-9-15(10-8-14)29(26,27)12-11-23/h3-10,23-24H,11-12H2,1-2H3,(H,20,25). The number of nitrogens with one attached hydrogen (secondary N) is 1. The van der Waals surface area contributed by atoms with E-state index in [0.29, 0.717) is 11.4 Å². The van der Waals surface area contributed by atoms with Gasteiger partial charge in [0.15, 0.2) is 15.5 Å². The molecule has 1 amide bonds. The van der Waals surface area contributed by atoms with E-state index in [1.54, 1.807) is 24.3 Å². The smallest absolute Gasteiger partial charge is 0.279 e. The summed E-state index contributed by atoms with van der Waals surface area (Å²) in [6.07, 6.45) is 0. The highest BCUT2D eigenvalue weighted by Crippen LogP contribution is 2.24. The second-order valence-corrected chi connectivity index (χ2v) is 7.93. The molecule has 29 heavy (non-hydrogen) atoms. The summed E-state index contributed by atoms with van der Waals surface area (Å²) in [4.78, 5) is 12.5. The number of methoxy groups -OCH3 is 1. The highest BCUT2D eigenvalue weighted by atomic mass is 32.2. The van der Waals surface area contributed by atoms with Crippen LogP contribution in [0.15, 0.2) is 75.1 Å². The Morgan fingerprint density at radius 1 is 1.14 bits per heavy atom. The number of ether oxygens (including phenoxy) is 1. The summed E-state index contributed by atoms with van der Waals surface area (Å²) in [6, 6.07) is 12.2. The van der Waals surface area contributed by atoms with Gasteiger partial charge in [-0.1, -0.05) is 12.1 Å². The molecule has 2 rings (SSSR count). The number of aliphatic hydroxyl groups excluding tert-OH is 2. The zero-order valence-corrected chi connectivity index (χ0v) is 16.7. The van der Waals surface area contributed by atoms with Gasteiger partial charge < -0.3 is 20.3 Å². The average Bonchev–Trinajstić information content (AvgIpc) is 2.68. The average molecular weight is 419 g/mol. The SMILES string of the molecule is COc1ccccc1NC(=O)C(N=Nc1ccc(S(=O)(=O)CCO)cc1)=C(C)O. The lowest BCUT2D eigenvalue weighted by Crippen LogP contribution is -2.15. The van der Waals surface area contributed by atoms with Crippen molar-refractivity contribution in [2.24, 2.45) is 10.2 Å². The topological polar surface area (TPSA) is 138 Å². The Bertz CT molecular complexity index is 1030. The van der Waals surface area contributed by atoms with Crippen molar-refractivity contribution in [1.82, 2.24) is 0 Å². The molecule has 0 radical (unpaired) electrons. The van der Waals surface area contributed by atoms with Gasteiger partial charge in [-0.25, -0.2) is 8.42 Å². The third kappa shape index (κ3) is 5.87. The van der Waals surface area contributed by atoms with Gasteiger partial charge in [-0.15, -0.1) is 5.11 Å². The second kappa shape index (κ2) is 9.80. The number of hydrogen-bond acceptors (Lipinski definition) is 8. The maximum Gasteiger partial charge on any atom is 0.279 e. The number of carbonyl (C=O) groups excluding carboxylic acids is 1. The quantitative estimate of drug-likeness (QED) is 0.342. The van der Waals surface area contributed by atoms with Gasteiger partial charge in [-0.05, 0) is 43.3 Å². The maximum atomic E-state index is 12.5. The Morgan fingerprint density at radius 3 is 2.38 bits per heavy atom. The van der Waals surface area contributed by atoms with Crippen molar-refractivity contribution >= 4 is 27.1 Å². The fourth-order valence-electron chi connectivity index (χ4n) is 2.28. The van der Waals surface area contributed by atoms with Crippen LogP contribution in [0.4, 0.5) is 11.4 Å². The van der Waals surface area contributed by atoms with Gasteiger partial charge in [0.05, 0.1) is 35.7 Å². The molecule has 0 spiro atoms. The Labute approximate surface area is 168 Å². The van der Waals surface area contributed by atoms with Crippen LogP contribution in [-0.2, 0) is 14.6 Å². The monoisotopic (exact) mass is 419 g/mol. The predicted octanol–water partition coefficient (Wildman–Crippen LogP) is 2.97. The number of carbonyl (C=O) groups is 1. The van der Waals surface area contributed by atoms with Crippen LogP contribution in [0.1, 0.15) is 6.92 Å². The normalized spacial score (nSPS) is 12.5. The lowest BCUT2D eigenvalue weighted by Gasteiger charge is -2.10. The highest BCUT2D eigenvalue weighted by Gasteiger charge is 2.16. The van der Waals surface area contributed by atoms with Crippen LogP contribution >= 0.6 is 0 Å². The van der Waals surface area contributed by atoms with Crippen molar-refractivity contribution in [1.29, 1.82) is 0 Å². The molecule has 154 valence electrons. The predicted molar refractivity (Wildman–Crippen MR) is 107 cm³/mol. The summed E-state index contributed by atoms with van der Waals surface area (Å²) >= 11 is 0. The van der Waals surface area contributed by atoms with Crippen LogP contribution < -0.4 is 10.1 Å². The number of sulfone groups is 1. The third-order valence-corrected chi connectivity index (χ3v) is 5.44. The number of nitrogens with zero attached hydrogens (tertiary/aromatic N) is 2. The van der Waals surface area contributed by atoms with Crippen molar-refractivity contribution < 1.29 is 28.2 Å². The molecular weight excluding hydrogens is 398 g/mol. The van der Waals surface area contributed by atoms with E-state index < -0.39 is 22.4 Å². The van der Waals surface area contributed by atoms with Gasteiger partial charge in [0, 0.05) is 0 Å². The van der Waals surface area contributed by atoms with Crippen molar-refractivity contribution in [3.05, 3.63) is 60.0 Å². The van der Waals surface area contributed by atoms with Gasteiger partial charge in [-0.3, -0.25) is 4.79 Å². The number of anilines is 1. The van der Waals surface area contributed by atoms with E-state index in [2.05, 4.69) is 15.5 Å². The Kier molecular flexibility index (Phi) is 7.46. The molecule has 0 saturated carbocycles. The highest BCUT2D eigenvalue weighted by molar-refractivity contribution is 7.91. The molecule has 0 bridgehead atoms. The first-order valence-corrected chi connectivity index (χ1v) is 10.1. The molecular formula is C19H21N3O6S. The molecule has 0 heterocycles. The molecule has 0 atom stereocenters.